The average molecular weight is 442 g/mol. The van der Waals surface area contributed by atoms with E-state index in [0.717, 1.165) is 11.1 Å². The fourth-order valence-electron chi connectivity index (χ4n) is 3.22. The average Bonchev–Trinajstić information content (AvgIpc) is 3.39. The Morgan fingerprint density at radius 1 is 0.909 bits per heavy atom. The molecule has 9 heteroatoms. The van der Waals surface area contributed by atoms with E-state index in [2.05, 4.69) is 31.3 Å². The van der Waals surface area contributed by atoms with E-state index in [0.29, 0.717) is 23.5 Å². The summed E-state index contributed by atoms with van der Waals surface area (Å²) in [4.78, 5) is 25.5. The molecule has 0 fully saturated rings. The maximum absolute atomic E-state index is 13.1. The van der Waals surface area contributed by atoms with E-state index in [1.165, 1.54) is 0 Å². The molecule has 166 valence electrons. The van der Waals surface area contributed by atoms with Gasteiger partial charge in [0.05, 0.1) is 0 Å². The van der Waals surface area contributed by atoms with Crippen molar-refractivity contribution in [3.8, 4) is 11.4 Å². The first kappa shape index (κ1) is 21.7. The summed E-state index contributed by atoms with van der Waals surface area (Å²) in [6.07, 6.45) is -0.368. The Morgan fingerprint density at radius 3 is 2.33 bits per heavy atom. The van der Waals surface area contributed by atoms with E-state index in [1.54, 1.807) is 24.3 Å². The summed E-state index contributed by atoms with van der Waals surface area (Å²) in [7, 11) is 0. The summed E-state index contributed by atoms with van der Waals surface area (Å²) in [5, 5.41) is 19.4. The number of benzene rings is 3. The molecule has 33 heavy (non-hydrogen) atoms. The van der Waals surface area contributed by atoms with E-state index < -0.39 is 12.1 Å². The van der Waals surface area contributed by atoms with Crippen molar-refractivity contribution in [2.45, 2.75) is 19.1 Å². The van der Waals surface area contributed by atoms with E-state index in [-0.39, 0.29) is 12.5 Å². The molecular weight excluding hydrogens is 420 g/mol. The normalized spacial score (nSPS) is 11.4. The number of aromatic amines is 1. The van der Waals surface area contributed by atoms with Gasteiger partial charge in [0.25, 0.3) is 0 Å². The molecule has 0 bridgehead atoms. The van der Waals surface area contributed by atoms with E-state index >= 15 is 0 Å². The summed E-state index contributed by atoms with van der Waals surface area (Å²) in [5.74, 6) is 0.0373. The van der Waals surface area contributed by atoms with Gasteiger partial charge in [0, 0.05) is 17.7 Å². The summed E-state index contributed by atoms with van der Waals surface area (Å²) in [6, 6.07) is 25.0. The van der Waals surface area contributed by atoms with Crippen molar-refractivity contribution in [3.05, 3.63) is 96.1 Å². The summed E-state index contributed by atoms with van der Waals surface area (Å²) in [6.45, 7) is 0.110. The van der Waals surface area contributed by atoms with Crippen molar-refractivity contribution < 1.29 is 14.3 Å². The molecule has 0 aliphatic carbocycles. The van der Waals surface area contributed by atoms with Crippen LogP contribution in [-0.2, 0) is 22.6 Å². The number of amides is 2. The highest BCUT2D eigenvalue weighted by Gasteiger charge is 2.22. The minimum Gasteiger partial charge on any atom is -0.445 e. The van der Waals surface area contributed by atoms with E-state index in [1.807, 2.05) is 60.7 Å². The van der Waals surface area contributed by atoms with E-state index in [9.17, 15) is 9.59 Å². The zero-order chi connectivity index (χ0) is 22.9. The Kier molecular flexibility index (Phi) is 7.01. The quantitative estimate of drug-likeness (QED) is 0.385. The Labute approximate surface area is 190 Å². The van der Waals surface area contributed by atoms with Crippen LogP contribution in [0.1, 0.15) is 11.1 Å². The molecule has 0 saturated carbocycles. The van der Waals surface area contributed by atoms with Gasteiger partial charge in [0.1, 0.15) is 12.6 Å². The van der Waals surface area contributed by atoms with Crippen molar-refractivity contribution in [1.29, 1.82) is 0 Å². The predicted molar refractivity (Wildman–Crippen MR) is 122 cm³/mol. The number of rotatable bonds is 8. The van der Waals surface area contributed by atoms with Crippen LogP contribution in [0.15, 0.2) is 84.9 Å². The number of alkyl carbamates (subject to hydrolysis) is 1. The number of nitrogens with one attached hydrogen (secondary N) is 3. The smallest absolute Gasteiger partial charge is 0.408 e. The van der Waals surface area contributed by atoms with Gasteiger partial charge in [-0.05, 0) is 28.5 Å². The first-order valence-corrected chi connectivity index (χ1v) is 10.3. The molecule has 4 aromatic rings. The van der Waals surface area contributed by atoms with Gasteiger partial charge in [0.15, 0.2) is 0 Å². The lowest BCUT2D eigenvalue weighted by Crippen LogP contribution is -2.45. The molecule has 9 nitrogen and oxygen atoms in total. The largest absolute Gasteiger partial charge is 0.445 e. The van der Waals surface area contributed by atoms with Crippen molar-refractivity contribution in [1.82, 2.24) is 25.9 Å². The molecule has 0 saturated heterocycles. The monoisotopic (exact) mass is 442 g/mol. The zero-order valence-electron chi connectivity index (χ0n) is 17.6. The third-order valence-corrected chi connectivity index (χ3v) is 4.84. The summed E-state index contributed by atoms with van der Waals surface area (Å²) >= 11 is 0. The molecule has 0 spiro atoms. The SMILES string of the molecule is O=C(N[C@@H](Cc1ccccc1)C(=O)Nc1cccc(-c2nn[nH]n2)c1)OCc1ccccc1. The van der Waals surface area contributed by atoms with Crippen LogP contribution >= 0.6 is 0 Å². The molecule has 0 unspecified atom stereocenters. The van der Waals surface area contributed by atoms with Crippen LogP contribution in [0.4, 0.5) is 10.5 Å². The summed E-state index contributed by atoms with van der Waals surface area (Å²) < 4.78 is 5.31. The third-order valence-electron chi connectivity index (χ3n) is 4.84. The van der Waals surface area contributed by atoms with Crippen molar-refractivity contribution in [3.63, 3.8) is 0 Å². The lowest BCUT2D eigenvalue weighted by Gasteiger charge is -2.19. The third kappa shape index (κ3) is 6.23. The van der Waals surface area contributed by atoms with Gasteiger partial charge in [-0.3, -0.25) is 4.79 Å². The van der Waals surface area contributed by atoms with Gasteiger partial charge in [-0.25, -0.2) is 4.79 Å². The minimum absolute atomic E-state index is 0.110. The molecule has 0 aliphatic rings. The summed E-state index contributed by atoms with van der Waals surface area (Å²) in [5.41, 5.74) is 2.99. The second kappa shape index (κ2) is 10.7. The van der Waals surface area contributed by atoms with Crippen LogP contribution in [0, 0.1) is 0 Å². The molecule has 3 aromatic carbocycles. The highest BCUT2D eigenvalue weighted by molar-refractivity contribution is 5.97. The number of hydrogen-bond acceptors (Lipinski definition) is 6. The molecular formula is C24H22N6O3. The lowest BCUT2D eigenvalue weighted by molar-refractivity contribution is -0.118. The molecule has 1 atom stereocenters. The van der Waals surface area contributed by atoms with Crippen LogP contribution < -0.4 is 10.6 Å². The molecule has 1 aromatic heterocycles. The standard InChI is InChI=1S/C24H22N6O3/c31-23(25-20-13-7-12-19(15-20)22-27-29-30-28-22)21(14-17-8-3-1-4-9-17)26-24(32)33-16-18-10-5-2-6-11-18/h1-13,15,21H,14,16H2,(H,25,31)(H,26,32)(H,27,28,29,30)/t21-/m0/s1. The van der Waals surface area contributed by atoms with Crippen LogP contribution in [-0.4, -0.2) is 38.7 Å². The molecule has 1 heterocycles. The van der Waals surface area contributed by atoms with Crippen molar-refractivity contribution >= 4 is 17.7 Å². The van der Waals surface area contributed by atoms with Crippen molar-refractivity contribution in [2.24, 2.45) is 0 Å². The number of tetrazole rings is 1. The lowest BCUT2D eigenvalue weighted by atomic mass is 10.1. The zero-order valence-corrected chi connectivity index (χ0v) is 17.6. The van der Waals surface area contributed by atoms with Crippen LogP contribution in [0.3, 0.4) is 0 Å². The predicted octanol–water partition coefficient (Wildman–Crippen LogP) is 3.34. The maximum Gasteiger partial charge on any atom is 0.408 e. The molecule has 0 aliphatic heterocycles. The first-order valence-electron chi connectivity index (χ1n) is 10.3. The van der Waals surface area contributed by atoms with Gasteiger partial charge in [-0.1, -0.05) is 72.8 Å². The highest BCUT2D eigenvalue weighted by Crippen LogP contribution is 2.19. The second-order valence-electron chi connectivity index (χ2n) is 7.25. The Hall–Kier alpha value is -4.53. The second-order valence-corrected chi connectivity index (χ2v) is 7.25. The Bertz CT molecular complexity index is 1180. The fraction of sp³-hybridized carbons (Fsp3) is 0.125. The maximum atomic E-state index is 13.1. The molecule has 0 radical (unpaired) electrons. The van der Waals surface area contributed by atoms with Crippen LogP contribution in [0.25, 0.3) is 11.4 Å². The van der Waals surface area contributed by atoms with Gasteiger partial charge in [-0.2, -0.15) is 5.21 Å². The van der Waals surface area contributed by atoms with Gasteiger partial charge >= 0.3 is 6.09 Å². The first-order chi connectivity index (χ1) is 16.2. The number of nitrogens with zero attached hydrogens (tertiary/aromatic N) is 3. The number of ether oxygens (including phenoxy) is 1. The molecule has 4 rings (SSSR count). The number of carbonyl (C=O) groups is 2. The van der Waals surface area contributed by atoms with Gasteiger partial charge in [-0.15, -0.1) is 10.2 Å². The number of H-pyrrole nitrogens is 1. The number of hydrogen-bond donors (Lipinski definition) is 3. The van der Waals surface area contributed by atoms with Gasteiger partial charge < -0.3 is 15.4 Å². The van der Waals surface area contributed by atoms with E-state index in [4.69, 9.17) is 4.74 Å². The van der Waals surface area contributed by atoms with Gasteiger partial charge in [0.2, 0.25) is 11.7 Å². The minimum atomic E-state index is -0.843. The van der Waals surface area contributed by atoms with Crippen molar-refractivity contribution in [2.75, 3.05) is 5.32 Å². The molecule has 2 amide bonds. The number of anilines is 1. The number of aromatic nitrogens is 4. The Balaban J connectivity index is 1.45. The topological polar surface area (TPSA) is 122 Å². The number of carbonyl (C=O) groups excluding carboxylic acids is 2. The van der Waals surface area contributed by atoms with Crippen LogP contribution in [0.5, 0.6) is 0 Å². The highest BCUT2D eigenvalue weighted by atomic mass is 16.5. The molecule has 3 N–H and O–H groups in total. The Morgan fingerprint density at radius 2 is 1.64 bits per heavy atom. The van der Waals surface area contributed by atoms with Crippen LogP contribution in [0.2, 0.25) is 0 Å². The fourth-order valence-corrected chi connectivity index (χ4v) is 3.22.